The zero-order chi connectivity index (χ0) is 22.4. The Hall–Kier alpha value is -3.62. The SMILES string of the molecule is C=N/C=C(F)\C=C(/C)c1ccc(NC(=O)CCC(=O)N2CCCn3nc(C)cc32)cn1. The van der Waals surface area contributed by atoms with Crippen LogP contribution in [0.5, 0.6) is 0 Å². The van der Waals surface area contributed by atoms with Crippen LogP contribution in [0.2, 0.25) is 0 Å². The Morgan fingerprint density at radius 3 is 2.84 bits per heavy atom. The van der Waals surface area contributed by atoms with Gasteiger partial charge in [-0.15, -0.1) is 0 Å². The molecule has 0 saturated carbocycles. The number of nitrogens with zero attached hydrogens (tertiary/aromatic N) is 5. The Balaban J connectivity index is 1.54. The van der Waals surface area contributed by atoms with Gasteiger partial charge in [0, 0.05) is 32.0 Å². The molecule has 162 valence electrons. The molecule has 0 radical (unpaired) electrons. The van der Waals surface area contributed by atoms with E-state index in [1.54, 1.807) is 24.0 Å². The average molecular weight is 424 g/mol. The molecule has 0 aliphatic carbocycles. The molecule has 3 heterocycles. The first-order valence-corrected chi connectivity index (χ1v) is 9.98. The van der Waals surface area contributed by atoms with Crippen LogP contribution < -0.4 is 10.2 Å². The molecule has 0 fully saturated rings. The van der Waals surface area contributed by atoms with Crippen LogP contribution in [0, 0.1) is 6.92 Å². The number of aryl methyl sites for hydroxylation is 2. The molecule has 0 unspecified atom stereocenters. The number of hydrogen-bond acceptors (Lipinski definition) is 5. The van der Waals surface area contributed by atoms with E-state index in [2.05, 4.69) is 27.1 Å². The number of allylic oxidation sites excluding steroid dienone is 3. The number of pyridine rings is 1. The summed E-state index contributed by atoms with van der Waals surface area (Å²) in [6.45, 7) is 8.23. The Labute approximate surface area is 180 Å². The maximum atomic E-state index is 13.5. The summed E-state index contributed by atoms with van der Waals surface area (Å²) in [7, 11) is 0. The molecule has 0 aromatic carbocycles. The largest absolute Gasteiger partial charge is 0.325 e. The second kappa shape index (κ2) is 9.92. The highest BCUT2D eigenvalue weighted by molar-refractivity contribution is 5.97. The van der Waals surface area contributed by atoms with Crippen molar-refractivity contribution >= 4 is 35.6 Å². The highest BCUT2D eigenvalue weighted by atomic mass is 19.1. The Bertz CT molecular complexity index is 1040. The molecule has 0 bridgehead atoms. The molecular weight excluding hydrogens is 399 g/mol. The predicted molar refractivity (Wildman–Crippen MR) is 118 cm³/mol. The lowest BCUT2D eigenvalue weighted by Gasteiger charge is -2.27. The van der Waals surface area contributed by atoms with E-state index in [1.807, 2.05) is 17.7 Å². The molecule has 1 N–H and O–H groups in total. The fourth-order valence-corrected chi connectivity index (χ4v) is 3.34. The molecule has 8 nitrogen and oxygen atoms in total. The third-order valence-electron chi connectivity index (χ3n) is 4.80. The van der Waals surface area contributed by atoms with Gasteiger partial charge in [-0.05, 0) is 50.8 Å². The summed E-state index contributed by atoms with van der Waals surface area (Å²) in [6, 6.07) is 5.24. The average Bonchev–Trinajstić information content (AvgIpc) is 3.12. The van der Waals surface area contributed by atoms with Crippen LogP contribution in [0.1, 0.15) is 37.6 Å². The topological polar surface area (TPSA) is 92.5 Å². The number of aliphatic imine (C=N–C) groups is 1. The molecule has 9 heteroatoms. The number of carbonyl (C=O) groups is 2. The predicted octanol–water partition coefficient (Wildman–Crippen LogP) is 3.66. The summed E-state index contributed by atoms with van der Waals surface area (Å²) in [5.74, 6) is -0.118. The summed E-state index contributed by atoms with van der Waals surface area (Å²) >= 11 is 0. The van der Waals surface area contributed by atoms with Crippen molar-refractivity contribution in [1.29, 1.82) is 0 Å². The van der Waals surface area contributed by atoms with Gasteiger partial charge in [-0.25, -0.2) is 9.07 Å². The van der Waals surface area contributed by atoms with Crippen molar-refractivity contribution in [2.24, 2.45) is 4.99 Å². The highest BCUT2D eigenvalue weighted by Crippen LogP contribution is 2.23. The van der Waals surface area contributed by atoms with E-state index in [0.29, 0.717) is 23.5 Å². The maximum absolute atomic E-state index is 13.5. The number of halogens is 1. The number of fused-ring (bicyclic) bond motifs is 1. The molecule has 2 aromatic rings. The number of amides is 2. The minimum atomic E-state index is -0.525. The molecule has 2 aromatic heterocycles. The number of hydrogen-bond donors (Lipinski definition) is 1. The van der Waals surface area contributed by atoms with Crippen LogP contribution in [0.3, 0.4) is 0 Å². The molecule has 1 aliphatic heterocycles. The quantitative estimate of drug-likeness (QED) is 0.542. The fourth-order valence-electron chi connectivity index (χ4n) is 3.34. The lowest BCUT2D eigenvalue weighted by atomic mass is 10.1. The minimum Gasteiger partial charge on any atom is -0.325 e. The van der Waals surface area contributed by atoms with E-state index < -0.39 is 5.83 Å². The van der Waals surface area contributed by atoms with Gasteiger partial charge in [-0.1, -0.05) is 0 Å². The van der Waals surface area contributed by atoms with Gasteiger partial charge in [0.05, 0.1) is 29.5 Å². The van der Waals surface area contributed by atoms with Crippen molar-refractivity contribution in [3.63, 3.8) is 0 Å². The van der Waals surface area contributed by atoms with Gasteiger partial charge in [-0.2, -0.15) is 5.10 Å². The highest BCUT2D eigenvalue weighted by Gasteiger charge is 2.24. The van der Waals surface area contributed by atoms with Gasteiger partial charge >= 0.3 is 0 Å². The summed E-state index contributed by atoms with van der Waals surface area (Å²) in [6.07, 6.45) is 4.81. The number of rotatable bonds is 7. The molecule has 1 aliphatic rings. The van der Waals surface area contributed by atoms with E-state index in [0.717, 1.165) is 30.7 Å². The number of aromatic nitrogens is 3. The van der Waals surface area contributed by atoms with Gasteiger partial charge in [-0.3, -0.25) is 24.5 Å². The third kappa shape index (κ3) is 5.71. The van der Waals surface area contributed by atoms with Gasteiger partial charge in [0.2, 0.25) is 11.8 Å². The minimum absolute atomic E-state index is 0.0632. The van der Waals surface area contributed by atoms with Crippen molar-refractivity contribution in [3.8, 4) is 0 Å². The maximum Gasteiger partial charge on any atom is 0.228 e. The van der Waals surface area contributed by atoms with Crippen LogP contribution in [-0.4, -0.2) is 39.8 Å². The molecule has 2 amide bonds. The third-order valence-corrected chi connectivity index (χ3v) is 4.80. The summed E-state index contributed by atoms with van der Waals surface area (Å²) < 4.78 is 15.3. The first kappa shape index (κ1) is 22.1. The molecule has 0 spiro atoms. The van der Waals surface area contributed by atoms with E-state index in [1.165, 1.54) is 12.3 Å². The normalized spacial score (nSPS) is 14.2. The summed E-state index contributed by atoms with van der Waals surface area (Å²) in [5.41, 5.74) is 2.55. The second-order valence-corrected chi connectivity index (χ2v) is 7.27. The zero-order valence-electron chi connectivity index (χ0n) is 17.6. The van der Waals surface area contributed by atoms with E-state index in [4.69, 9.17) is 0 Å². The van der Waals surface area contributed by atoms with Gasteiger partial charge in [0.25, 0.3) is 0 Å². The molecular formula is C22H25FN6O2. The fraction of sp³-hybridized carbons (Fsp3) is 0.318. The van der Waals surface area contributed by atoms with Crippen LogP contribution in [-0.2, 0) is 16.1 Å². The number of anilines is 2. The lowest BCUT2D eigenvalue weighted by Crippen LogP contribution is -2.37. The van der Waals surface area contributed by atoms with E-state index in [9.17, 15) is 14.0 Å². The monoisotopic (exact) mass is 424 g/mol. The first-order chi connectivity index (χ1) is 14.9. The van der Waals surface area contributed by atoms with Crippen LogP contribution in [0.15, 0.2) is 47.5 Å². The molecule has 0 atom stereocenters. The smallest absolute Gasteiger partial charge is 0.228 e. The molecule has 0 saturated heterocycles. The van der Waals surface area contributed by atoms with Gasteiger partial charge in [0.15, 0.2) is 0 Å². The van der Waals surface area contributed by atoms with Crippen LogP contribution in [0.4, 0.5) is 15.9 Å². The molecule has 3 rings (SSSR count). The van der Waals surface area contributed by atoms with Gasteiger partial charge in [0.1, 0.15) is 11.6 Å². The van der Waals surface area contributed by atoms with E-state index in [-0.39, 0.29) is 24.7 Å². The number of nitrogens with one attached hydrogen (secondary N) is 1. The van der Waals surface area contributed by atoms with Crippen LogP contribution >= 0.6 is 0 Å². The second-order valence-electron chi connectivity index (χ2n) is 7.27. The van der Waals surface area contributed by atoms with Crippen molar-refractivity contribution in [2.75, 3.05) is 16.8 Å². The number of carbonyl (C=O) groups excluding carboxylic acids is 2. The Morgan fingerprint density at radius 2 is 2.13 bits per heavy atom. The Kier molecular flexibility index (Phi) is 7.07. The van der Waals surface area contributed by atoms with Crippen molar-refractivity contribution < 1.29 is 14.0 Å². The lowest BCUT2D eigenvalue weighted by molar-refractivity contribution is -0.122. The van der Waals surface area contributed by atoms with E-state index >= 15 is 0 Å². The summed E-state index contributed by atoms with van der Waals surface area (Å²) in [4.78, 5) is 34.2. The van der Waals surface area contributed by atoms with Gasteiger partial charge < -0.3 is 5.32 Å². The first-order valence-electron chi connectivity index (χ1n) is 9.98. The van der Waals surface area contributed by atoms with Crippen molar-refractivity contribution in [1.82, 2.24) is 14.8 Å². The van der Waals surface area contributed by atoms with Crippen molar-refractivity contribution in [3.05, 3.63) is 53.9 Å². The summed E-state index contributed by atoms with van der Waals surface area (Å²) in [5, 5.41) is 7.11. The zero-order valence-corrected chi connectivity index (χ0v) is 17.6. The standard InChI is InChI=1S/C22H25FN6O2/c1-15(11-17(23)13-24-3)19-6-5-18(14-25-19)26-20(30)7-8-22(31)28-9-4-10-29-21(28)12-16(2)27-29/h5-6,11-14H,3-4,7-10H2,1-2H3,(H,26,30)/b15-11+,17-13+. The van der Waals surface area contributed by atoms with Crippen LogP contribution in [0.25, 0.3) is 5.57 Å². The molecule has 31 heavy (non-hydrogen) atoms. The van der Waals surface area contributed by atoms with Crippen molar-refractivity contribution in [2.45, 2.75) is 39.7 Å². The Morgan fingerprint density at radius 1 is 1.32 bits per heavy atom.